The molecule has 0 aromatic heterocycles. The lowest BCUT2D eigenvalue weighted by Gasteiger charge is -1.87. The van der Waals surface area contributed by atoms with Crippen LogP contribution in [0, 0.1) is 6.92 Å². The molecule has 2 nitrogen and oxygen atoms in total. The van der Waals surface area contributed by atoms with Gasteiger partial charge in [-0.25, -0.2) is 5.43 Å². The lowest BCUT2D eigenvalue weighted by atomic mass is 10.4. The van der Waals surface area contributed by atoms with Crippen LogP contribution in [0.25, 0.3) is 0 Å². The zero-order valence-corrected chi connectivity index (χ0v) is 3.36. The van der Waals surface area contributed by atoms with Crippen molar-refractivity contribution in [2.75, 3.05) is 0 Å². The number of nitrogens with one attached hydrogen (secondary N) is 1. The second-order valence-corrected chi connectivity index (χ2v) is 1.07. The topological polar surface area (TPSA) is 38.0 Å². The minimum atomic E-state index is 0.162. The summed E-state index contributed by atoms with van der Waals surface area (Å²) in [5.41, 5.74) is 2.42. The van der Waals surface area contributed by atoms with Crippen molar-refractivity contribution in [3.63, 3.8) is 0 Å². The number of hydrogen-bond donors (Lipinski definition) is 2. The van der Waals surface area contributed by atoms with Gasteiger partial charge in [0.15, 0.2) is 6.04 Å². The van der Waals surface area contributed by atoms with Gasteiger partial charge in [-0.05, 0) is 6.92 Å². The van der Waals surface area contributed by atoms with Gasteiger partial charge in [-0.2, -0.15) is 0 Å². The van der Waals surface area contributed by atoms with Crippen LogP contribution in [-0.2, 0) is 0 Å². The van der Waals surface area contributed by atoms with E-state index in [1.807, 2.05) is 6.92 Å². The zero-order valence-electron chi connectivity index (χ0n) is 3.36. The lowest BCUT2D eigenvalue weighted by molar-refractivity contribution is 0.666. The molecule has 0 saturated heterocycles. The fourth-order valence-electron chi connectivity index (χ4n) is 0. The van der Waals surface area contributed by atoms with Gasteiger partial charge in [0.2, 0.25) is 0 Å². The second kappa shape index (κ2) is 2.05. The molecule has 1 atom stereocenters. The highest BCUT2D eigenvalue weighted by molar-refractivity contribution is 4.53. The van der Waals surface area contributed by atoms with Crippen LogP contribution in [0.15, 0.2) is 0 Å². The highest BCUT2D eigenvalue weighted by Crippen LogP contribution is 1.63. The number of hydrazine groups is 1. The van der Waals surface area contributed by atoms with Crippen LogP contribution in [0.2, 0.25) is 0 Å². The van der Waals surface area contributed by atoms with E-state index in [-0.39, 0.29) is 6.04 Å². The monoisotopic (exact) mass is 73.1 g/mol. The third-order valence-electron chi connectivity index (χ3n) is 0.285. The fraction of sp³-hybridized carbons (Fsp3) is 0.667. The van der Waals surface area contributed by atoms with E-state index >= 15 is 0 Å². The molecule has 0 aromatic carbocycles. The molecule has 0 bridgehead atoms. The Labute approximate surface area is 32.3 Å². The Bertz CT molecular complexity index is 18.9. The smallest absolute Gasteiger partial charge is 0.155 e. The summed E-state index contributed by atoms with van der Waals surface area (Å²) < 4.78 is 0. The minimum Gasteiger partial charge on any atom is -0.268 e. The third-order valence-corrected chi connectivity index (χ3v) is 0.285. The average molecular weight is 73.1 g/mol. The van der Waals surface area contributed by atoms with Crippen LogP contribution < -0.4 is 11.3 Å². The second-order valence-electron chi connectivity index (χ2n) is 1.07. The first-order valence-electron chi connectivity index (χ1n) is 1.56. The molecular weight excluding hydrogens is 64.0 g/mol. The number of nitrogens with two attached hydrogens (primary N) is 1. The van der Waals surface area contributed by atoms with E-state index in [1.54, 1.807) is 0 Å². The summed E-state index contributed by atoms with van der Waals surface area (Å²) >= 11 is 0. The van der Waals surface area contributed by atoms with Crippen LogP contribution in [0.4, 0.5) is 0 Å². The Kier molecular flexibility index (Phi) is 1.97. The summed E-state index contributed by atoms with van der Waals surface area (Å²) in [7, 11) is 0. The molecular formula is C3H9N2+. The summed E-state index contributed by atoms with van der Waals surface area (Å²) in [6.07, 6.45) is 0. The SMILES string of the molecule is [CH2+]C(C)NN. The Hall–Kier alpha value is -0.210. The Morgan fingerprint density at radius 1 is 2.00 bits per heavy atom. The molecule has 0 saturated carbocycles. The van der Waals surface area contributed by atoms with Gasteiger partial charge in [-0.1, -0.05) is 0 Å². The lowest BCUT2D eigenvalue weighted by Crippen LogP contribution is -2.29. The molecule has 0 spiro atoms. The summed E-state index contributed by atoms with van der Waals surface area (Å²) in [6, 6.07) is 0.162. The van der Waals surface area contributed by atoms with E-state index in [0.717, 1.165) is 0 Å². The normalized spacial score (nSPS) is 14.8. The molecule has 1 unspecified atom stereocenters. The van der Waals surface area contributed by atoms with Crippen LogP contribution in [0.1, 0.15) is 6.92 Å². The highest BCUT2D eigenvalue weighted by Gasteiger charge is 1.87. The van der Waals surface area contributed by atoms with Crippen molar-refractivity contribution in [2.45, 2.75) is 13.0 Å². The van der Waals surface area contributed by atoms with Gasteiger partial charge in [0, 0.05) is 0 Å². The largest absolute Gasteiger partial charge is 0.268 e. The molecule has 0 aliphatic heterocycles. The van der Waals surface area contributed by atoms with Crippen LogP contribution in [0.3, 0.4) is 0 Å². The standard InChI is InChI=1S/C3H9N2/c1-3(2)5-4/h3,5H,1,4H2,2H3/q+1. The van der Waals surface area contributed by atoms with Crippen molar-refractivity contribution < 1.29 is 0 Å². The van der Waals surface area contributed by atoms with Crippen molar-refractivity contribution >= 4 is 0 Å². The Balaban J connectivity index is 2.54. The van der Waals surface area contributed by atoms with Gasteiger partial charge >= 0.3 is 0 Å². The van der Waals surface area contributed by atoms with Crippen molar-refractivity contribution in [2.24, 2.45) is 5.84 Å². The first-order chi connectivity index (χ1) is 2.27. The molecule has 0 heterocycles. The highest BCUT2D eigenvalue weighted by atomic mass is 15.2. The molecule has 0 amide bonds. The minimum absolute atomic E-state index is 0.162. The molecule has 0 aromatic rings. The predicted octanol–water partition coefficient (Wildman–Crippen LogP) is -0.328. The van der Waals surface area contributed by atoms with Gasteiger partial charge in [-0.3, -0.25) is 5.84 Å². The molecule has 0 radical (unpaired) electrons. The summed E-state index contributed by atoms with van der Waals surface area (Å²) in [5, 5.41) is 0. The quantitative estimate of drug-likeness (QED) is 0.253. The van der Waals surface area contributed by atoms with E-state index < -0.39 is 0 Å². The zero-order chi connectivity index (χ0) is 4.28. The fourth-order valence-corrected chi connectivity index (χ4v) is 0. The van der Waals surface area contributed by atoms with Gasteiger partial charge in [-0.15, -0.1) is 0 Å². The van der Waals surface area contributed by atoms with Gasteiger partial charge < -0.3 is 0 Å². The van der Waals surface area contributed by atoms with Gasteiger partial charge in [0.1, 0.15) is 0 Å². The van der Waals surface area contributed by atoms with E-state index in [1.165, 1.54) is 0 Å². The molecule has 0 rings (SSSR count). The van der Waals surface area contributed by atoms with E-state index in [9.17, 15) is 0 Å². The first-order valence-corrected chi connectivity index (χ1v) is 1.56. The predicted molar refractivity (Wildman–Crippen MR) is 22.1 cm³/mol. The molecule has 5 heavy (non-hydrogen) atoms. The van der Waals surface area contributed by atoms with Crippen molar-refractivity contribution in [1.82, 2.24) is 5.43 Å². The molecule has 3 N–H and O–H groups in total. The molecule has 2 heteroatoms. The maximum absolute atomic E-state index is 4.86. The van der Waals surface area contributed by atoms with Crippen LogP contribution >= 0.6 is 0 Å². The van der Waals surface area contributed by atoms with Gasteiger partial charge in [0.25, 0.3) is 0 Å². The van der Waals surface area contributed by atoms with Crippen LogP contribution in [0.5, 0.6) is 0 Å². The average Bonchev–Trinajstić information content (AvgIpc) is 1.38. The Morgan fingerprint density at radius 2 is 2.20 bits per heavy atom. The van der Waals surface area contributed by atoms with E-state index in [2.05, 4.69) is 12.3 Å². The number of hydrogen-bond acceptors (Lipinski definition) is 2. The maximum Gasteiger partial charge on any atom is 0.155 e. The maximum atomic E-state index is 4.86. The molecule has 30 valence electrons. The third kappa shape index (κ3) is 3.79. The first kappa shape index (κ1) is 4.79. The van der Waals surface area contributed by atoms with E-state index in [0.29, 0.717) is 0 Å². The number of rotatable bonds is 1. The van der Waals surface area contributed by atoms with Crippen molar-refractivity contribution in [1.29, 1.82) is 0 Å². The van der Waals surface area contributed by atoms with Crippen LogP contribution in [-0.4, -0.2) is 6.04 Å². The van der Waals surface area contributed by atoms with Gasteiger partial charge in [0.05, 0.1) is 6.92 Å². The summed E-state index contributed by atoms with van der Waals surface area (Å²) in [5.74, 6) is 4.86. The van der Waals surface area contributed by atoms with Crippen molar-refractivity contribution in [3.8, 4) is 0 Å². The van der Waals surface area contributed by atoms with Crippen molar-refractivity contribution in [3.05, 3.63) is 6.92 Å². The molecule has 0 aliphatic rings. The Morgan fingerprint density at radius 3 is 2.20 bits per heavy atom. The molecule has 0 fully saturated rings. The summed E-state index contributed by atoms with van der Waals surface area (Å²) in [4.78, 5) is 0. The summed E-state index contributed by atoms with van der Waals surface area (Å²) in [6.45, 7) is 5.40. The van der Waals surface area contributed by atoms with E-state index in [4.69, 9.17) is 5.84 Å². The molecule has 0 aliphatic carbocycles.